The van der Waals surface area contributed by atoms with Gasteiger partial charge in [-0.15, -0.1) is 0 Å². The normalized spacial score (nSPS) is 23.8. The van der Waals surface area contributed by atoms with Crippen molar-refractivity contribution >= 4 is 11.9 Å². The van der Waals surface area contributed by atoms with Crippen LogP contribution in [0.1, 0.15) is 52.0 Å². The van der Waals surface area contributed by atoms with Crippen LogP contribution in [0.15, 0.2) is 12.4 Å². The molecule has 0 radical (unpaired) electrons. The van der Waals surface area contributed by atoms with Crippen LogP contribution in [-0.2, 0) is 17.9 Å². The van der Waals surface area contributed by atoms with Gasteiger partial charge in [-0.25, -0.2) is 4.79 Å². The van der Waals surface area contributed by atoms with Crippen molar-refractivity contribution in [2.45, 2.75) is 65.6 Å². The lowest BCUT2D eigenvalue weighted by molar-refractivity contribution is -0.141. The van der Waals surface area contributed by atoms with E-state index in [0.717, 1.165) is 51.0 Å². The highest BCUT2D eigenvalue weighted by atomic mass is 16.2. The first-order valence-corrected chi connectivity index (χ1v) is 9.76. The van der Waals surface area contributed by atoms with Gasteiger partial charge in [-0.05, 0) is 40.0 Å². The minimum absolute atomic E-state index is 0.0127. The molecule has 3 rings (SSSR count). The zero-order chi connectivity index (χ0) is 18.7. The molecule has 1 aromatic rings. The standard InChI is InChI=1S/C19H31N5O2/c1-4-23-12-16(11-21-23)10-20-18(26)22-9-5-7-19(13-22)8-6-17(25)24(14-19)15(2)3/h11-12,15H,4-10,13-14H2,1-3H3,(H,20,26)/t19-/m0/s1. The Morgan fingerprint density at radius 1 is 1.35 bits per heavy atom. The summed E-state index contributed by atoms with van der Waals surface area (Å²) >= 11 is 0. The zero-order valence-electron chi connectivity index (χ0n) is 16.2. The van der Waals surface area contributed by atoms with Gasteiger partial charge in [0.15, 0.2) is 0 Å². The summed E-state index contributed by atoms with van der Waals surface area (Å²) in [6, 6.07) is 0.209. The highest BCUT2D eigenvalue weighted by Gasteiger charge is 2.43. The number of rotatable bonds is 4. The fraction of sp³-hybridized carbons (Fsp3) is 0.737. The summed E-state index contributed by atoms with van der Waals surface area (Å²) in [4.78, 5) is 28.8. The maximum atomic E-state index is 12.7. The Hall–Kier alpha value is -2.05. The fourth-order valence-corrected chi connectivity index (χ4v) is 4.19. The smallest absolute Gasteiger partial charge is 0.317 e. The summed E-state index contributed by atoms with van der Waals surface area (Å²) in [5, 5.41) is 7.26. The highest BCUT2D eigenvalue weighted by Crippen LogP contribution is 2.39. The molecule has 26 heavy (non-hydrogen) atoms. The van der Waals surface area contributed by atoms with Crippen molar-refractivity contribution in [1.29, 1.82) is 0 Å². The molecular formula is C19H31N5O2. The lowest BCUT2D eigenvalue weighted by atomic mass is 9.73. The molecule has 2 aliphatic heterocycles. The summed E-state index contributed by atoms with van der Waals surface area (Å²) in [6.45, 7) is 9.81. The minimum atomic E-state index is -0.0127. The second-order valence-corrected chi connectivity index (χ2v) is 8.00. The number of piperidine rings is 2. The van der Waals surface area contributed by atoms with E-state index in [2.05, 4.69) is 24.3 Å². The van der Waals surface area contributed by atoms with E-state index in [1.807, 2.05) is 27.6 Å². The first-order chi connectivity index (χ1) is 12.4. The lowest BCUT2D eigenvalue weighted by Crippen LogP contribution is -2.57. The van der Waals surface area contributed by atoms with Crippen LogP contribution in [0.2, 0.25) is 0 Å². The predicted octanol–water partition coefficient (Wildman–Crippen LogP) is 2.23. The molecule has 0 aliphatic carbocycles. The molecule has 3 heterocycles. The number of likely N-dealkylation sites (tertiary alicyclic amines) is 2. The Kier molecular flexibility index (Phi) is 5.53. The van der Waals surface area contributed by atoms with Crippen molar-refractivity contribution < 1.29 is 9.59 Å². The van der Waals surface area contributed by atoms with Crippen molar-refractivity contribution in [3.05, 3.63) is 18.0 Å². The maximum absolute atomic E-state index is 12.7. The van der Waals surface area contributed by atoms with Gasteiger partial charge < -0.3 is 15.1 Å². The number of amides is 3. The number of hydrogen-bond acceptors (Lipinski definition) is 3. The Labute approximate surface area is 155 Å². The molecule has 7 heteroatoms. The number of urea groups is 1. The van der Waals surface area contributed by atoms with Crippen LogP contribution < -0.4 is 5.32 Å². The molecule has 0 aromatic carbocycles. The summed E-state index contributed by atoms with van der Waals surface area (Å²) in [5.74, 6) is 0.250. The van der Waals surface area contributed by atoms with E-state index in [1.54, 1.807) is 6.20 Å². The van der Waals surface area contributed by atoms with Gasteiger partial charge in [0.1, 0.15) is 0 Å². The van der Waals surface area contributed by atoms with Crippen LogP contribution in [0.25, 0.3) is 0 Å². The topological polar surface area (TPSA) is 70.5 Å². The van der Waals surface area contributed by atoms with Gasteiger partial charge in [0, 0.05) is 62.4 Å². The van der Waals surface area contributed by atoms with E-state index in [4.69, 9.17) is 0 Å². The summed E-state index contributed by atoms with van der Waals surface area (Å²) in [5.41, 5.74) is 1.07. The molecule has 144 valence electrons. The van der Waals surface area contributed by atoms with Crippen molar-refractivity contribution in [1.82, 2.24) is 24.9 Å². The Morgan fingerprint density at radius 3 is 2.85 bits per heavy atom. The largest absolute Gasteiger partial charge is 0.340 e. The molecule has 0 saturated carbocycles. The van der Waals surface area contributed by atoms with Crippen molar-refractivity contribution in [2.75, 3.05) is 19.6 Å². The van der Waals surface area contributed by atoms with Crippen molar-refractivity contribution in [3.63, 3.8) is 0 Å². The number of nitrogens with one attached hydrogen (secondary N) is 1. The lowest BCUT2D eigenvalue weighted by Gasteiger charge is -2.49. The molecule has 3 amide bonds. The summed E-state index contributed by atoms with van der Waals surface area (Å²) < 4.78 is 1.86. The van der Waals surface area contributed by atoms with E-state index in [0.29, 0.717) is 13.0 Å². The molecule has 2 fully saturated rings. The van der Waals surface area contributed by atoms with Gasteiger partial charge in [-0.2, -0.15) is 5.10 Å². The monoisotopic (exact) mass is 361 g/mol. The quantitative estimate of drug-likeness (QED) is 0.894. The van der Waals surface area contributed by atoms with Crippen molar-refractivity contribution in [3.8, 4) is 0 Å². The minimum Gasteiger partial charge on any atom is -0.340 e. The summed E-state index contributed by atoms with van der Waals surface area (Å²) in [6.07, 6.45) is 7.35. The van der Waals surface area contributed by atoms with Crippen LogP contribution in [0.4, 0.5) is 4.79 Å². The molecule has 1 aromatic heterocycles. The molecule has 0 bridgehead atoms. The number of aryl methyl sites for hydroxylation is 1. The van der Waals surface area contributed by atoms with Crippen LogP contribution >= 0.6 is 0 Å². The average molecular weight is 361 g/mol. The first kappa shape index (κ1) is 18.7. The van der Waals surface area contributed by atoms with Gasteiger partial charge in [0.05, 0.1) is 6.20 Å². The number of carbonyl (C=O) groups is 2. The number of hydrogen-bond donors (Lipinski definition) is 1. The third-order valence-corrected chi connectivity index (χ3v) is 5.72. The second kappa shape index (κ2) is 7.68. The SMILES string of the molecule is CCn1cc(CNC(=O)N2CCC[C@]3(CCC(=O)N(C(C)C)C3)C2)cn1. The average Bonchev–Trinajstić information content (AvgIpc) is 3.10. The molecule has 1 N–H and O–H groups in total. The van der Waals surface area contributed by atoms with E-state index in [-0.39, 0.29) is 23.4 Å². The Balaban J connectivity index is 1.58. The molecule has 7 nitrogen and oxygen atoms in total. The highest BCUT2D eigenvalue weighted by molar-refractivity contribution is 5.78. The molecular weight excluding hydrogens is 330 g/mol. The molecule has 1 atom stereocenters. The van der Waals surface area contributed by atoms with Crippen LogP contribution in [0, 0.1) is 5.41 Å². The molecule has 2 aliphatic rings. The van der Waals surface area contributed by atoms with Gasteiger partial charge >= 0.3 is 6.03 Å². The third-order valence-electron chi connectivity index (χ3n) is 5.72. The zero-order valence-corrected chi connectivity index (χ0v) is 16.2. The van der Waals surface area contributed by atoms with Gasteiger partial charge in [0.2, 0.25) is 5.91 Å². The van der Waals surface area contributed by atoms with E-state index >= 15 is 0 Å². The number of aromatic nitrogens is 2. The van der Waals surface area contributed by atoms with Crippen LogP contribution in [0.5, 0.6) is 0 Å². The Morgan fingerprint density at radius 2 is 2.15 bits per heavy atom. The van der Waals surface area contributed by atoms with E-state index in [9.17, 15) is 9.59 Å². The third kappa shape index (κ3) is 4.02. The van der Waals surface area contributed by atoms with Crippen molar-refractivity contribution in [2.24, 2.45) is 5.41 Å². The number of carbonyl (C=O) groups excluding carboxylic acids is 2. The molecule has 0 unspecified atom stereocenters. The van der Waals surface area contributed by atoms with E-state index < -0.39 is 0 Å². The Bertz CT molecular complexity index is 656. The van der Waals surface area contributed by atoms with E-state index in [1.165, 1.54) is 0 Å². The second-order valence-electron chi connectivity index (χ2n) is 8.00. The maximum Gasteiger partial charge on any atom is 0.317 e. The van der Waals surface area contributed by atoms with Gasteiger partial charge in [-0.1, -0.05) is 0 Å². The molecule has 2 saturated heterocycles. The number of nitrogens with zero attached hydrogens (tertiary/aromatic N) is 4. The fourth-order valence-electron chi connectivity index (χ4n) is 4.19. The van der Waals surface area contributed by atoms with Crippen LogP contribution in [-0.4, -0.2) is 57.2 Å². The van der Waals surface area contributed by atoms with Gasteiger partial charge in [0.25, 0.3) is 0 Å². The van der Waals surface area contributed by atoms with Gasteiger partial charge in [-0.3, -0.25) is 9.48 Å². The predicted molar refractivity (Wildman–Crippen MR) is 99.5 cm³/mol. The first-order valence-electron chi connectivity index (χ1n) is 9.76. The van der Waals surface area contributed by atoms with Crippen LogP contribution in [0.3, 0.4) is 0 Å². The molecule has 1 spiro atoms. The summed E-state index contributed by atoms with van der Waals surface area (Å²) in [7, 11) is 0.